The molecule has 5 nitrogen and oxygen atoms in total. The third-order valence-electron chi connectivity index (χ3n) is 5.14. The molecule has 2 heterocycles. The molecule has 0 bridgehead atoms. The lowest BCUT2D eigenvalue weighted by molar-refractivity contribution is -0.120. The van der Waals surface area contributed by atoms with Crippen LogP contribution in [-0.4, -0.2) is 29.0 Å². The monoisotopic (exact) mass is 482 g/mol. The number of nitrogens with one attached hydrogen (secondary N) is 1. The number of carbonyl (C=O) groups excluding carboxylic acids is 1. The first-order valence-electron chi connectivity index (χ1n) is 9.95. The number of piperidine rings is 1. The topological polar surface area (TPSA) is 58.1 Å². The minimum atomic E-state index is 0.00473. The van der Waals surface area contributed by atoms with Crippen LogP contribution in [0.1, 0.15) is 18.4 Å². The van der Waals surface area contributed by atoms with Crippen LogP contribution in [-0.2, 0) is 4.79 Å². The molecule has 1 aromatic heterocycles. The molecule has 0 radical (unpaired) electrons. The molecule has 7 heteroatoms. The van der Waals surface area contributed by atoms with E-state index in [0.29, 0.717) is 0 Å². The van der Waals surface area contributed by atoms with E-state index in [1.54, 1.807) is 24.2 Å². The van der Waals surface area contributed by atoms with Gasteiger partial charge in [0.05, 0.1) is 0 Å². The van der Waals surface area contributed by atoms with Crippen LogP contribution >= 0.6 is 27.7 Å². The van der Waals surface area contributed by atoms with Gasteiger partial charge in [0.2, 0.25) is 5.91 Å². The van der Waals surface area contributed by atoms with Gasteiger partial charge in [-0.05, 0) is 50.1 Å². The van der Waals surface area contributed by atoms with E-state index < -0.39 is 0 Å². The second-order valence-electron chi connectivity index (χ2n) is 7.36. The Morgan fingerprint density at radius 3 is 2.57 bits per heavy atom. The molecule has 1 saturated heterocycles. The Kier molecular flexibility index (Phi) is 6.69. The smallest absolute Gasteiger partial charge is 0.227 e. The predicted molar refractivity (Wildman–Crippen MR) is 125 cm³/mol. The molecule has 1 amide bonds. The van der Waals surface area contributed by atoms with Crippen molar-refractivity contribution in [2.75, 3.05) is 23.3 Å². The van der Waals surface area contributed by atoms with Crippen LogP contribution in [0.4, 0.5) is 11.5 Å². The van der Waals surface area contributed by atoms with Gasteiger partial charge < -0.3 is 10.2 Å². The highest BCUT2D eigenvalue weighted by Gasteiger charge is 2.27. The maximum atomic E-state index is 12.7. The number of carbonyl (C=O) groups is 1. The number of halogens is 1. The van der Waals surface area contributed by atoms with Gasteiger partial charge in [0.25, 0.3) is 0 Å². The molecule has 0 saturated carbocycles. The average Bonchev–Trinajstić information content (AvgIpc) is 2.76. The number of amides is 1. The molecule has 0 unspecified atom stereocenters. The molecule has 0 spiro atoms. The van der Waals surface area contributed by atoms with Gasteiger partial charge in [-0.1, -0.05) is 51.5 Å². The molecular weight excluding hydrogens is 460 g/mol. The Hall–Kier alpha value is -2.38. The Labute approximate surface area is 189 Å². The number of benzene rings is 2. The van der Waals surface area contributed by atoms with Crippen LogP contribution in [0.5, 0.6) is 0 Å². The highest BCUT2D eigenvalue weighted by molar-refractivity contribution is 9.10. The summed E-state index contributed by atoms with van der Waals surface area (Å²) in [4.78, 5) is 25.2. The zero-order chi connectivity index (χ0) is 20.9. The van der Waals surface area contributed by atoms with Crippen LogP contribution < -0.4 is 10.2 Å². The number of aryl methyl sites for hydroxylation is 1. The van der Waals surface area contributed by atoms with E-state index in [2.05, 4.69) is 67.3 Å². The number of rotatable bonds is 5. The lowest BCUT2D eigenvalue weighted by Crippen LogP contribution is -2.38. The Morgan fingerprint density at radius 2 is 1.83 bits per heavy atom. The van der Waals surface area contributed by atoms with Crippen molar-refractivity contribution in [1.82, 2.24) is 9.97 Å². The molecule has 2 aromatic carbocycles. The van der Waals surface area contributed by atoms with Crippen molar-refractivity contribution >= 4 is 45.1 Å². The van der Waals surface area contributed by atoms with Gasteiger partial charge in [-0.2, -0.15) is 0 Å². The zero-order valence-corrected chi connectivity index (χ0v) is 19.1. The van der Waals surface area contributed by atoms with Crippen molar-refractivity contribution in [2.24, 2.45) is 5.92 Å². The third-order valence-corrected chi connectivity index (χ3v) is 6.62. The largest absolute Gasteiger partial charge is 0.354 e. The summed E-state index contributed by atoms with van der Waals surface area (Å²) in [6, 6.07) is 16.1. The summed E-state index contributed by atoms with van der Waals surface area (Å²) in [6.07, 6.45) is 5.06. The second-order valence-corrected chi connectivity index (χ2v) is 9.34. The predicted octanol–water partition coefficient (Wildman–Crippen LogP) is 5.55. The van der Waals surface area contributed by atoms with E-state index >= 15 is 0 Å². The highest BCUT2D eigenvalue weighted by Crippen LogP contribution is 2.34. The standard InChI is InChI=1S/C23H23BrN4OS/c1-16-5-7-20(8-6-16)30-23-21(25-11-12-26-23)28-13-9-17(10-14-28)22(29)27-19-4-2-3-18(24)15-19/h2-8,11-12,15,17H,9-10,13-14H2,1H3,(H,27,29). The first kappa shape index (κ1) is 20.9. The fourth-order valence-electron chi connectivity index (χ4n) is 3.49. The van der Waals surface area contributed by atoms with Crippen molar-refractivity contribution in [2.45, 2.75) is 29.7 Å². The third kappa shape index (κ3) is 5.21. The van der Waals surface area contributed by atoms with Crippen molar-refractivity contribution < 1.29 is 4.79 Å². The summed E-state index contributed by atoms with van der Waals surface area (Å²) in [5, 5.41) is 3.94. The molecule has 4 rings (SSSR count). The number of anilines is 2. The summed E-state index contributed by atoms with van der Waals surface area (Å²) in [7, 11) is 0. The number of hydrogen-bond donors (Lipinski definition) is 1. The lowest BCUT2D eigenvalue weighted by atomic mass is 9.96. The summed E-state index contributed by atoms with van der Waals surface area (Å²) < 4.78 is 0.955. The van der Waals surface area contributed by atoms with Crippen molar-refractivity contribution in [1.29, 1.82) is 0 Å². The fourth-order valence-corrected chi connectivity index (χ4v) is 4.77. The summed E-state index contributed by atoms with van der Waals surface area (Å²) in [5.41, 5.74) is 2.06. The maximum Gasteiger partial charge on any atom is 0.227 e. The van der Waals surface area contributed by atoms with E-state index in [9.17, 15) is 4.79 Å². The van der Waals surface area contributed by atoms with Gasteiger partial charge in [0.1, 0.15) is 5.03 Å². The highest BCUT2D eigenvalue weighted by atomic mass is 79.9. The van der Waals surface area contributed by atoms with Gasteiger partial charge in [-0.25, -0.2) is 9.97 Å². The van der Waals surface area contributed by atoms with Crippen LogP contribution in [0.2, 0.25) is 0 Å². The van der Waals surface area contributed by atoms with Crippen LogP contribution in [0.25, 0.3) is 0 Å². The number of aromatic nitrogens is 2. The molecule has 1 aliphatic heterocycles. The van der Waals surface area contributed by atoms with Crippen LogP contribution in [0.3, 0.4) is 0 Å². The van der Waals surface area contributed by atoms with Crippen molar-refractivity contribution in [3.05, 3.63) is 71.0 Å². The molecule has 0 atom stereocenters. The first-order valence-corrected chi connectivity index (χ1v) is 11.6. The summed E-state index contributed by atoms with van der Waals surface area (Å²) >= 11 is 5.07. The summed E-state index contributed by atoms with van der Waals surface area (Å²) in [5.74, 6) is 0.986. The minimum Gasteiger partial charge on any atom is -0.354 e. The van der Waals surface area contributed by atoms with E-state index in [4.69, 9.17) is 0 Å². The van der Waals surface area contributed by atoms with Crippen LogP contribution in [0.15, 0.2) is 75.3 Å². The normalized spacial score (nSPS) is 14.5. The second kappa shape index (κ2) is 9.62. The zero-order valence-electron chi connectivity index (χ0n) is 16.7. The molecule has 0 aliphatic carbocycles. The molecule has 1 N–H and O–H groups in total. The number of nitrogens with zero attached hydrogens (tertiary/aromatic N) is 3. The lowest BCUT2D eigenvalue weighted by Gasteiger charge is -2.32. The van der Waals surface area contributed by atoms with Crippen LogP contribution in [0, 0.1) is 12.8 Å². The van der Waals surface area contributed by atoms with Crippen molar-refractivity contribution in [3.8, 4) is 0 Å². The number of hydrogen-bond acceptors (Lipinski definition) is 5. The Morgan fingerprint density at radius 1 is 1.10 bits per heavy atom. The minimum absolute atomic E-state index is 0.00473. The van der Waals surface area contributed by atoms with E-state index in [1.807, 2.05) is 24.3 Å². The van der Waals surface area contributed by atoms with Gasteiger partial charge in [0.15, 0.2) is 5.82 Å². The van der Waals surface area contributed by atoms with Gasteiger partial charge in [-0.3, -0.25) is 4.79 Å². The van der Waals surface area contributed by atoms with Gasteiger partial charge in [0, 0.05) is 46.5 Å². The molecular formula is C23H23BrN4OS. The van der Waals surface area contributed by atoms with E-state index in [0.717, 1.165) is 51.8 Å². The molecule has 3 aromatic rings. The molecule has 1 aliphatic rings. The average molecular weight is 483 g/mol. The fraction of sp³-hybridized carbons (Fsp3) is 0.261. The van der Waals surface area contributed by atoms with Gasteiger partial charge in [-0.15, -0.1) is 0 Å². The summed E-state index contributed by atoms with van der Waals surface area (Å²) in [6.45, 7) is 3.66. The van der Waals surface area contributed by atoms with E-state index in [1.165, 1.54) is 5.56 Å². The molecule has 1 fully saturated rings. The molecule has 30 heavy (non-hydrogen) atoms. The maximum absolute atomic E-state index is 12.7. The van der Waals surface area contributed by atoms with Crippen molar-refractivity contribution in [3.63, 3.8) is 0 Å². The molecule has 154 valence electrons. The van der Waals surface area contributed by atoms with Gasteiger partial charge >= 0.3 is 0 Å². The Bertz CT molecular complexity index is 1020. The van der Waals surface area contributed by atoms with E-state index in [-0.39, 0.29) is 11.8 Å². The Balaban J connectivity index is 1.39. The quantitative estimate of drug-likeness (QED) is 0.516. The SMILES string of the molecule is Cc1ccc(Sc2nccnc2N2CCC(C(=O)Nc3cccc(Br)c3)CC2)cc1. The first-order chi connectivity index (χ1) is 14.6.